The topological polar surface area (TPSA) is 42.8 Å². The summed E-state index contributed by atoms with van der Waals surface area (Å²) in [5, 5.41) is 4.89. The first-order valence-electron chi connectivity index (χ1n) is 6.80. The molecule has 0 aliphatic heterocycles. The van der Waals surface area contributed by atoms with Gasteiger partial charge in [-0.25, -0.2) is 0 Å². The summed E-state index contributed by atoms with van der Waals surface area (Å²) in [5.41, 5.74) is 4.64. The van der Waals surface area contributed by atoms with E-state index in [1.54, 1.807) is 31.5 Å². The lowest BCUT2D eigenvalue weighted by Gasteiger charge is -2.11. The molecule has 0 spiro atoms. The van der Waals surface area contributed by atoms with Crippen molar-refractivity contribution < 1.29 is 9.47 Å². The first-order valence-corrected chi connectivity index (χ1v) is 7.97. The van der Waals surface area contributed by atoms with E-state index in [-0.39, 0.29) is 0 Å². The van der Waals surface area contributed by atoms with Crippen LogP contribution in [0.5, 0.6) is 11.5 Å². The lowest BCUT2D eigenvalue weighted by atomic mass is 10.2. The Morgan fingerprint density at radius 3 is 2.65 bits per heavy atom. The van der Waals surface area contributed by atoms with Gasteiger partial charge in [-0.15, -0.1) is 0 Å². The summed E-state index contributed by atoms with van der Waals surface area (Å²) in [6.45, 7) is 4.04. The number of hydrazone groups is 1. The van der Waals surface area contributed by atoms with Gasteiger partial charge < -0.3 is 9.47 Å². The molecule has 1 N–H and O–H groups in total. The molecule has 2 rings (SSSR count). The van der Waals surface area contributed by atoms with Crippen molar-refractivity contribution in [3.8, 4) is 11.5 Å². The van der Waals surface area contributed by atoms with Crippen molar-refractivity contribution in [2.24, 2.45) is 5.10 Å². The summed E-state index contributed by atoms with van der Waals surface area (Å²) in [6.07, 6.45) is 3.37. The monoisotopic (exact) mass is 394 g/mol. The van der Waals surface area contributed by atoms with Crippen LogP contribution < -0.4 is 14.9 Å². The highest BCUT2D eigenvalue weighted by molar-refractivity contribution is 9.10. The second-order valence-electron chi connectivity index (χ2n) is 4.50. The van der Waals surface area contributed by atoms with Crippen molar-refractivity contribution in [3.63, 3.8) is 0 Å². The largest absolute Gasteiger partial charge is 0.493 e. The van der Waals surface area contributed by atoms with Crippen molar-refractivity contribution in [2.45, 2.75) is 0 Å². The number of hydrogen-bond donors (Lipinski definition) is 1. The molecule has 0 aromatic heterocycles. The van der Waals surface area contributed by atoms with E-state index in [9.17, 15) is 0 Å². The van der Waals surface area contributed by atoms with Crippen LogP contribution in [0.2, 0.25) is 5.02 Å². The number of methoxy groups -OCH3 is 1. The second-order valence-corrected chi connectivity index (χ2v) is 5.79. The summed E-state index contributed by atoms with van der Waals surface area (Å²) < 4.78 is 11.7. The van der Waals surface area contributed by atoms with Gasteiger partial charge in [-0.1, -0.05) is 24.3 Å². The lowest BCUT2D eigenvalue weighted by molar-refractivity contribution is 0.326. The fraction of sp³-hybridized carbons (Fsp3) is 0.118. The molecule has 0 heterocycles. The molecule has 120 valence electrons. The molecule has 0 amide bonds. The Balaban J connectivity index is 2.13. The fourth-order valence-electron chi connectivity index (χ4n) is 1.77. The summed E-state index contributed by atoms with van der Waals surface area (Å²) in [7, 11) is 1.59. The van der Waals surface area contributed by atoms with E-state index >= 15 is 0 Å². The predicted octanol–water partition coefficient (Wildman–Crippen LogP) is 5.12. The third kappa shape index (κ3) is 5.01. The maximum absolute atomic E-state index is 5.84. The number of anilines is 1. The first kappa shape index (κ1) is 17.4. The third-order valence-electron chi connectivity index (χ3n) is 2.88. The van der Waals surface area contributed by atoms with Crippen LogP contribution in [0.15, 0.2) is 58.6 Å². The normalized spacial score (nSPS) is 10.6. The Labute approximate surface area is 148 Å². The summed E-state index contributed by atoms with van der Waals surface area (Å²) in [4.78, 5) is 0. The van der Waals surface area contributed by atoms with E-state index < -0.39 is 0 Å². The Hall–Kier alpha value is -1.98. The molecule has 23 heavy (non-hydrogen) atoms. The summed E-state index contributed by atoms with van der Waals surface area (Å²) in [5.74, 6) is 1.27. The highest BCUT2D eigenvalue weighted by Crippen LogP contribution is 2.33. The fourth-order valence-corrected chi connectivity index (χ4v) is 2.32. The van der Waals surface area contributed by atoms with Gasteiger partial charge in [0.1, 0.15) is 6.61 Å². The van der Waals surface area contributed by atoms with Crippen LogP contribution in [-0.2, 0) is 0 Å². The van der Waals surface area contributed by atoms with Crippen molar-refractivity contribution in [2.75, 3.05) is 19.1 Å². The Morgan fingerprint density at radius 1 is 1.26 bits per heavy atom. The number of rotatable bonds is 7. The molecule has 0 aliphatic rings. The molecule has 4 nitrogen and oxygen atoms in total. The van der Waals surface area contributed by atoms with E-state index in [1.165, 1.54) is 0 Å². The van der Waals surface area contributed by atoms with Gasteiger partial charge in [0.15, 0.2) is 11.5 Å². The number of benzene rings is 2. The molecule has 0 saturated heterocycles. The molecule has 0 radical (unpaired) electrons. The average Bonchev–Trinajstić information content (AvgIpc) is 2.56. The molecule has 2 aromatic carbocycles. The van der Waals surface area contributed by atoms with Crippen LogP contribution in [0.25, 0.3) is 0 Å². The van der Waals surface area contributed by atoms with Gasteiger partial charge >= 0.3 is 0 Å². The molecule has 2 aromatic rings. The van der Waals surface area contributed by atoms with E-state index in [2.05, 4.69) is 33.0 Å². The van der Waals surface area contributed by atoms with Gasteiger partial charge in [0.05, 0.1) is 19.0 Å². The van der Waals surface area contributed by atoms with Crippen LogP contribution in [0.3, 0.4) is 0 Å². The maximum atomic E-state index is 5.84. The zero-order chi connectivity index (χ0) is 16.7. The number of halogens is 2. The van der Waals surface area contributed by atoms with Crippen LogP contribution in [0.1, 0.15) is 5.56 Å². The molecule has 0 fully saturated rings. The molecular formula is C17H16BrClN2O2. The first-order chi connectivity index (χ1) is 11.1. The van der Waals surface area contributed by atoms with Crippen molar-refractivity contribution >= 4 is 39.4 Å². The predicted molar refractivity (Wildman–Crippen MR) is 99.1 cm³/mol. The minimum absolute atomic E-state index is 0.411. The quantitative estimate of drug-likeness (QED) is 0.402. The Bertz CT molecular complexity index is 702. The van der Waals surface area contributed by atoms with E-state index in [4.69, 9.17) is 21.1 Å². The molecular weight excluding hydrogens is 380 g/mol. The zero-order valence-corrected chi connectivity index (χ0v) is 14.9. The van der Waals surface area contributed by atoms with E-state index in [1.807, 2.05) is 24.3 Å². The summed E-state index contributed by atoms with van der Waals surface area (Å²) in [6, 6.07) is 11.0. The minimum atomic E-state index is 0.411. The summed E-state index contributed by atoms with van der Waals surface area (Å²) >= 11 is 9.34. The number of hydrogen-bond acceptors (Lipinski definition) is 4. The smallest absolute Gasteiger partial charge is 0.162 e. The molecule has 0 unspecified atom stereocenters. The van der Waals surface area contributed by atoms with Crippen molar-refractivity contribution in [3.05, 3.63) is 64.1 Å². The minimum Gasteiger partial charge on any atom is -0.493 e. The second kappa shape index (κ2) is 8.60. The number of ether oxygens (including phenoxy) is 2. The Morgan fingerprint density at radius 2 is 2.00 bits per heavy atom. The van der Waals surface area contributed by atoms with E-state index in [0.29, 0.717) is 23.1 Å². The zero-order valence-electron chi connectivity index (χ0n) is 12.6. The van der Waals surface area contributed by atoms with E-state index in [0.717, 1.165) is 15.7 Å². The van der Waals surface area contributed by atoms with Gasteiger partial charge in [0, 0.05) is 15.1 Å². The van der Waals surface area contributed by atoms with Gasteiger partial charge in [0.25, 0.3) is 0 Å². The highest BCUT2D eigenvalue weighted by atomic mass is 79.9. The maximum Gasteiger partial charge on any atom is 0.162 e. The van der Waals surface area contributed by atoms with Gasteiger partial charge in [-0.3, -0.25) is 5.43 Å². The van der Waals surface area contributed by atoms with Crippen molar-refractivity contribution in [1.82, 2.24) is 0 Å². The average molecular weight is 396 g/mol. The number of nitrogens with one attached hydrogen (secondary N) is 1. The van der Waals surface area contributed by atoms with Gasteiger partial charge in [0.2, 0.25) is 0 Å². The van der Waals surface area contributed by atoms with Crippen LogP contribution >= 0.6 is 27.5 Å². The number of nitrogens with zero attached hydrogens (tertiary/aromatic N) is 1. The SMILES string of the molecule is C=CCOc1cc(Br)c(/C=N/Nc2ccc(Cl)cc2)cc1OC. The molecule has 0 bridgehead atoms. The third-order valence-corrected chi connectivity index (χ3v) is 3.82. The molecule has 0 atom stereocenters. The van der Waals surface area contributed by atoms with Gasteiger partial charge in [-0.05, 0) is 52.3 Å². The van der Waals surface area contributed by atoms with Crippen LogP contribution in [0.4, 0.5) is 5.69 Å². The van der Waals surface area contributed by atoms with Crippen LogP contribution in [0, 0.1) is 0 Å². The Kier molecular flexibility index (Phi) is 6.50. The van der Waals surface area contributed by atoms with Crippen LogP contribution in [-0.4, -0.2) is 19.9 Å². The van der Waals surface area contributed by atoms with Crippen molar-refractivity contribution in [1.29, 1.82) is 0 Å². The lowest BCUT2D eigenvalue weighted by Crippen LogP contribution is -1.98. The molecule has 0 saturated carbocycles. The molecule has 0 aliphatic carbocycles. The highest BCUT2D eigenvalue weighted by Gasteiger charge is 2.09. The molecule has 6 heteroatoms. The van der Waals surface area contributed by atoms with Gasteiger partial charge in [-0.2, -0.15) is 5.10 Å². The standard InChI is InChI=1S/C17H16BrClN2O2/c1-3-8-23-17-10-15(18)12(9-16(17)22-2)11-20-21-14-6-4-13(19)5-7-14/h3-7,9-11,21H,1,8H2,2H3/b20-11+.